The summed E-state index contributed by atoms with van der Waals surface area (Å²) in [5.41, 5.74) is 0.529. The molecule has 0 unspecified atom stereocenters. The van der Waals surface area contributed by atoms with E-state index in [0.717, 1.165) is 5.92 Å². The summed E-state index contributed by atoms with van der Waals surface area (Å²) in [7, 11) is 2.22. The Morgan fingerprint density at radius 3 is 1.83 bits per heavy atom. The maximum atomic E-state index is 2.43. The van der Waals surface area contributed by atoms with Crippen molar-refractivity contribution in [3.63, 3.8) is 0 Å². The standard InChI is InChI=1S/C10H21N.BH3/c1-10(2,3)9-5-7-11(4)8-6-9;/h9H,5-8H2,1-4H3;1H3. The minimum Gasteiger partial charge on any atom is -0.306 e. The van der Waals surface area contributed by atoms with Crippen LogP contribution in [0.5, 0.6) is 0 Å². The highest BCUT2D eigenvalue weighted by molar-refractivity contribution is 5.75. The van der Waals surface area contributed by atoms with Gasteiger partial charge in [0.05, 0.1) is 8.41 Å². The first-order chi connectivity index (χ1) is 5.00. The lowest BCUT2D eigenvalue weighted by Crippen LogP contribution is -2.35. The molecular weight excluding hydrogens is 145 g/mol. The number of hydrogen-bond donors (Lipinski definition) is 0. The molecule has 0 amide bonds. The number of piperidine rings is 1. The van der Waals surface area contributed by atoms with Crippen LogP contribution in [0.1, 0.15) is 33.6 Å². The summed E-state index contributed by atoms with van der Waals surface area (Å²) in [5, 5.41) is 0. The molecule has 0 saturated carbocycles. The van der Waals surface area contributed by atoms with Gasteiger partial charge in [0.1, 0.15) is 0 Å². The predicted octanol–water partition coefficient (Wildman–Crippen LogP) is 1.19. The molecule has 0 aromatic carbocycles. The maximum absolute atomic E-state index is 2.43. The van der Waals surface area contributed by atoms with Gasteiger partial charge in [0.15, 0.2) is 0 Å². The Morgan fingerprint density at radius 2 is 1.50 bits per heavy atom. The molecule has 0 spiro atoms. The van der Waals surface area contributed by atoms with Crippen molar-refractivity contribution in [3.8, 4) is 0 Å². The summed E-state index contributed by atoms with van der Waals surface area (Å²) in [4.78, 5) is 2.43. The molecule has 0 aromatic rings. The number of hydrogen-bond acceptors (Lipinski definition) is 1. The monoisotopic (exact) mass is 169 g/mol. The van der Waals surface area contributed by atoms with Crippen molar-refractivity contribution in [1.29, 1.82) is 0 Å². The van der Waals surface area contributed by atoms with Crippen LogP contribution in [0.4, 0.5) is 0 Å². The lowest BCUT2D eigenvalue weighted by molar-refractivity contribution is 0.129. The first-order valence-corrected chi connectivity index (χ1v) is 4.68. The predicted molar refractivity (Wildman–Crippen MR) is 59.6 cm³/mol. The van der Waals surface area contributed by atoms with E-state index < -0.39 is 0 Å². The average Bonchev–Trinajstić information content (AvgIpc) is 1.86. The molecule has 12 heavy (non-hydrogen) atoms. The Bertz CT molecular complexity index is 120. The van der Waals surface area contributed by atoms with Crippen LogP contribution in [0.15, 0.2) is 0 Å². The van der Waals surface area contributed by atoms with Crippen molar-refractivity contribution >= 4 is 8.41 Å². The summed E-state index contributed by atoms with van der Waals surface area (Å²) < 4.78 is 0. The second-order valence-corrected chi connectivity index (χ2v) is 4.94. The van der Waals surface area contributed by atoms with Crippen molar-refractivity contribution in [2.45, 2.75) is 33.6 Å². The molecule has 1 fully saturated rings. The van der Waals surface area contributed by atoms with Gasteiger partial charge in [-0.05, 0) is 44.3 Å². The molecule has 0 atom stereocenters. The van der Waals surface area contributed by atoms with Crippen LogP contribution in [0, 0.1) is 11.3 Å². The van der Waals surface area contributed by atoms with Crippen LogP contribution in [-0.4, -0.2) is 33.5 Å². The Labute approximate surface area is 79.1 Å². The van der Waals surface area contributed by atoms with Gasteiger partial charge in [-0.15, -0.1) is 0 Å². The fourth-order valence-corrected chi connectivity index (χ4v) is 1.87. The maximum Gasteiger partial charge on any atom is 0.0814 e. The molecule has 1 heterocycles. The SMILES string of the molecule is B.CN1CCC(C(C)(C)C)CC1. The largest absolute Gasteiger partial charge is 0.306 e. The average molecular weight is 169 g/mol. The molecule has 72 valence electrons. The first-order valence-electron chi connectivity index (χ1n) is 4.68. The fourth-order valence-electron chi connectivity index (χ4n) is 1.87. The van der Waals surface area contributed by atoms with Crippen LogP contribution < -0.4 is 0 Å². The first kappa shape index (κ1) is 12.0. The molecule has 0 aromatic heterocycles. The van der Waals surface area contributed by atoms with E-state index in [2.05, 4.69) is 32.7 Å². The van der Waals surface area contributed by atoms with E-state index >= 15 is 0 Å². The van der Waals surface area contributed by atoms with Gasteiger partial charge in [-0.3, -0.25) is 0 Å². The lowest BCUT2D eigenvalue weighted by atomic mass is 9.75. The van der Waals surface area contributed by atoms with Crippen molar-refractivity contribution in [2.24, 2.45) is 11.3 Å². The summed E-state index contributed by atoms with van der Waals surface area (Å²) >= 11 is 0. The number of likely N-dealkylation sites (tertiary alicyclic amines) is 1. The molecule has 1 rings (SSSR count). The van der Waals surface area contributed by atoms with E-state index in [1.54, 1.807) is 0 Å². The molecule has 0 N–H and O–H groups in total. The van der Waals surface area contributed by atoms with Gasteiger partial charge in [-0.1, -0.05) is 20.8 Å². The van der Waals surface area contributed by atoms with Crippen LogP contribution in [0.2, 0.25) is 0 Å². The summed E-state index contributed by atoms with van der Waals surface area (Å²) in [6, 6.07) is 0. The van der Waals surface area contributed by atoms with Gasteiger partial charge in [-0.2, -0.15) is 0 Å². The second kappa shape index (κ2) is 4.31. The molecule has 2 heteroatoms. The quantitative estimate of drug-likeness (QED) is 0.492. The van der Waals surface area contributed by atoms with Crippen molar-refractivity contribution in [3.05, 3.63) is 0 Å². The Morgan fingerprint density at radius 1 is 1.08 bits per heavy atom. The summed E-state index contributed by atoms with van der Waals surface area (Å²) in [6.07, 6.45) is 2.78. The summed E-state index contributed by atoms with van der Waals surface area (Å²) in [5.74, 6) is 0.943. The second-order valence-electron chi connectivity index (χ2n) is 4.94. The highest BCUT2D eigenvalue weighted by Crippen LogP contribution is 2.33. The third-order valence-corrected chi connectivity index (χ3v) is 2.94. The fraction of sp³-hybridized carbons (Fsp3) is 1.00. The van der Waals surface area contributed by atoms with Gasteiger partial charge in [0.2, 0.25) is 0 Å². The van der Waals surface area contributed by atoms with E-state index in [1.807, 2.05) is 0 Å². The topological polar surface area (TPSA) is 3.24 Å². The number of nitrogens with zero attached hydrogens (tertiary/aromatic N) is 1. The van der Waals surface area contributed by atoms with E-state index in [4.69, 9.17) is 0 Å². The third kappa shape index (κ3) is 3.18. The Hall–Kier alpha value is 0.0249. The molecule has 1 nitrogen and oxygen atoms in total. The molecule has 0 aliphatic carbocycles. The zero-order chi connectivity index (χ0) is 8.48. The highest BCUT2D eigenvalue weighted by Gasteiger charge is 2.27. The molecule has 1 aliphatic rings. The Balaban J connectivity index is 0.00000121. The Kier molecular flexibility index (Phi) is 4.32. The van der Waals surface area contributed by atoms with Gasteiger partial charge >= 0.3 is 0 Å². The zero-order valence-electron chi connectivity index (χ0n) is 8.35. The van der Waals surface area contributed by atoms with E-state index in [0.29, 0.717) is 5.41 Å². The molecule has 1 saturated heterocycles. The normalized spacial score (nSPS) is 22.0. The van der Waals surface area contributed by atoms with Gasteiger partial charge in [0.25, 0.3) is 0 Å². The van der Waals surface area contributed by atoms with Crippen LogP contribution in [0.25, 0.3) is 0 Å². The van der Waals surface area contributed by atoms with E-state index in [1.165, 1.54) is 25.9 Å². The highest BCUT2D eigenvalue weighted by atomic mass is 15.1. The zero-order valence-corrected chi connectivity index (χ0v) is 8.35. The summed E-state index contributed by atoms with van der Waals surface area (Å²) in [6.45, 7) is 9.68. The lowest BCUT2D eigenvalue weighted by Gasteiger charge is -2.37. The van der Waals surface area contributed by atoms with Gasteiger partial charge in [-0.25, -0.2) is 0 Å². The molecule has 0 bridgehead atoms. The number of rotatable bonds is 0. The van der Waals surface area contributed by atoms with Crippen molar-refractivity contribution in [2.75, 3.05) is 20.1 Å². The van der Waals surface area contributed by atoms with Crippen molar-refractivity contribution < 1.29 is 0 Å². The van der Waals surface area contributed by atoms with Gasteiger partial charge < -0.3 is 4.90 Å². The van der Waals surface area contributed by atoms with Crippen molar-refractivity contribution in [1.82, 2.24) is 4.90 Å². The molecular formula is C10H24BN. The molecule has 1 aliphatic heterocycles. The molecule has 0 radical (unpaired) electrons. The van der Waals surface area contributed by atoms with Crippen LogP contribution in [0.3, 0.4) is 0 Å². The van der Waals surface area contributed by atoms with Crippen LogP contribution >= 0.6 is 0 Å². The van der Waals surface area contributed by atoms with Crippen LogP contribution in [-0.2, 0) is 0 Å². The minimum absolute atomic E-state index is 0. The minimum atomic E-state index is 0. The van der Waals surface area contributed by atoms with Gasteiger partial charge in [0, 0.05) is 0 Å². The smallest absolute Gasteiger partial charge is 0.0814 e. The third-order valence-electron chi connectivity index (χ3n) is 2.94. The van der Waals surface area contributed by atoms with E-state index in [-0.39, 0.29) is 8.41 Å². The van der Waals surface area contributed by atoms with E-state index in [9.17, 15) is 0 Å².